The van der Waals surface area contributed by atoms with Crippen LogP contribution >= 0.6 is 11.8 Å². The highest BCUT2D eigenvalue weighted by Crippen LogP contribution is 2.11. The quantitative estimate of drug-likeness (QED) is 0.144. The molecule has 0 saturated carbocycles. The van der Waals surface area contributed by atoms with Gasteiger partial charge >= 0.3 is 6.09 Å². The number of benzene rings is 2. The molecule has 42 heavy (non-hydrogen) atoms. The Bertz CT molecular complexity index is 1170. The molecule has 2 aromatic carbocycles. The van der Waals surface area contributed by atoms with Crippen LogP contribution in [0.25, 0.3) is 0 Å². The molecule has 0 fully saturated rings. The van der Waals surface area contributed by atoms with Crippen LogP contribution in [0, 0.1) is 0 Å². The topological polar surface area (TPSA) is 203 Å². The Kier molecular flexibility index (Phi) is 14.9. The summed E-state index contributed by atoms with van der Waals surface area (Å²) in [6, 6.07) is 15.0. The van der Waals surface area contributed by atoms with Crippen LogP contribution in [0.4, 0.5) is 4.79 Å². The van der Waals surface area contributed by atoms with Crippen molar-refractivity contribution >= 4 is 41.5 Å². The monoisotopic (exact) mass is 601 g/mol. The first-order valence-electron chi connectivity index (χ1n) is 13.4. The van der Waals surface area contributed by atoms with E-state index in [-0.39, 0.29) is 32.3 Å². The Labute approximate surface area is 249 Å². The lowest BCUT2D eigenvalue weighted by Gasteiger charge is -2.25. The fraction of sp³-hybridized carbons (Fsp3) is 0.414. The van der Waals surface area contributed by atoms with E-state index in [0.717, 1.165) is 11.1 Å². The van der Waals surface area contributed by atoms with Gasteiger partial charge in [0.1, 0.15) is 18.7 Å². The zero-order valence-electron chi connectivity index (χ0n) is 23.5. The number of rotatable bonds is 18. The molecule has 2 aromatic rings. The van der Waals surface area contributed by atoms with Gasteiger partial charge < -0.3 is 37.3 Å². The molecular weight excluding hydrogens is 562 g/mol. The Morgan fingerprint density at radius 3 is 2.05 bits per heavy atom. The number of ether oxygens (including phenoxy) is 1. The summed E-state index contributed by atoms with van der Waals surface area (Å²) in [5.74, 6) is -2.29. The van der Waals surface area contributed by atoms with Gasteiger partial charge in [0.2, 0.25) is 23.6 Å². The van der Waals surface area contributed by atoms with Gasteiger partial charge in [-0.05, 0) is 42.4 Å². The van der Waals surface area contributed by atoms with E-state index >= 15 is 0 Å². The number of aliphatic hydroxyl groups is 1. The number of nitrogens with two attached hydrogens (primary N) is 2. The molecule has 0 aliphatic heterocycles. The average Bonchev–Trinajstić information content (AvgIpc) is 2.96. The number of hydrogen-bond donors (Lipinski definition) is 6. The highest BCUT2D eigenvalue weighted by molar-refractivity contribution is 7.98. The van der Waals surface area contributed by atoms with E-state index in [0.29, 0.717) is 5.75 Å². The number of primary amides is 2. The molecule has 228 valence electrons. The molecule has 12 nitrogen and oxygen atoms in total. The van der Waals surface area contributed by atoms with Gasteiger partial charge in [-0.3, -0.25) is 19.2 Å². The fourth-order valence-electron chi connectivity index (χ4n) is 4.00. The number of hydrogen-bond acceptors (Lipinski definition) is 8. The van der Waals surface area contributed by atoms with E-state index in [4.69, 9.17) is 16.2 Å². The molecule has 0 spiro atoms. The van der Waals surface area contributed by atoms with E-state index in [2.05, 4.69) is 16.0 Å². The Hall–Kier alpha value is -4.10. The summed E-state index contributed by atoms with van der Waals surface area (Å²) in [6.07, 6.45) is -0.656. The predicted molar refractivity (Wildman–Crippen MR) is 159 cm³/mol. The summed E-state index contributed by atoms with van der Waals surface area (Å²) >= 11 is 1.47. The van der Waals surface area contributed by atoms with Crippen LogP contribution in [0.5, 0.6) is 0 Å². The molecular formula is C29H39N5O7S. The zero-order valence-corrected chi connectivity index (χ0v) is 24.3. The standard InChI is InChI=1S/C29H39N5O7S/c1-42-15-14-21(27(31)38)33-28(39)22(12-13-25(30)36)32-26(37)17-24(35)23(16-19-8-4-2-5-9-19)34-29(40)41-18-20-10-6-3-7-11-20/h2-11,21-24,35H,12-18H2,1H3,(H2,30,36)(H2,31,38)(H,32,37)(H,33,39)(H,34,40)/t21-,22-,23-,24-/m0/s1. The van der Waals surface area contributed by atoms with Crippen molar-refractivity contribution in [2.75, 3.05) is 12.0 Å². The molecule has 0 heterocycles. The van der Waals surface area contributed by atoms with Gasteiger partial charge in [0, 0.05) is 6.42 Å². The van der Waals surface area contributed by atoms with Crippen molar-refractivity contribution in [3.8, 4) is 0 Å². The molecule has 0 aliphatic rings. The maximum Gasteiger partial charge on any atom is 0.407 e. The van der Waals surface area contributed by atoms with E-state index in [1.807, 2.05) is 42.7 Å². The van der Waals surface area contributed by atoms with Crippen LogP contribution in [-0.4, -0.2) is 71.1 Å². The fourth-order valence-corrected chi connectivity index (χ4v) is 4.47. The van der Waals surface area contributed by atoms with Gasteiger partial charge in [-0.2, -0.15) is 11.8 Å². The smallest absolute Gasteiger partial charge is 0.407 e. The number of amides is 5. The second-order valence-electron chi connectivity index (χ2n) is 9.64. The minimum Gasteiger partial charge on any atom is -0.445 e. The molecule has 4 atom stereocenters. The lowest BCUT2D eigenvalue weighted by atomic mass is 9.98. The molecule has 2 rings (SSSR count). The summed E-state index contributed by atoms with van der Waals surface area (Å²) in [6.45, 7) is 0.0151. The Balaban J connectivity index is 2.09. The molecule has 8 N–H and O–H groups in total. The van der Waals surface area contributed by atoms with Crippen LogP contribution < -0.4 is 27.4 Å². The number of nitrogens with one attached hydrogen (secondary N) is 3. The number of alkyl carbamates (subject to hydrolysis) is 1. The van der Waals surface area contributed by atoms with Crippen LogP contribution in [0.1, 0.15) is 36.8 Å². The lowest BCUT2D eigenvalue weighted by molar-refractivity contribution is -0.132. The predicted octanol–water partition coefficient (Wildman–Crippen LogP) is 0.749. The second-order valence-corrected chi connectivity index (χ2v) is 10.6. The van der Waals surface area contributed by atoms with Crippen molar-refractivity contribution < 1.29 is 33.8 Å². The van der Waals surface area contributed by atoms with E-state index in [9.17, 15) is 29.1 Å². The van der Waals surface area contributed by atoms with Gasteiger partial charge in [-0.15, -0.1) is 0 Å². The van der Waals surface area contributed by atoms with Gasteiger partial charge in [-0.25, -0.2) is 4.79 Å². The maximum absolute atomic E-state index is 13.0. The zero-order chi connectivity index (χ0) is 30.9. The van der Waals surface area contributed by atoms with E-state index in [1.165, 1.54) is 11.8 Å². The first kappa shape index (κ1) is 34.1. The van der Waals surface area contributed by atoms with Gasteiger partial charge in [0.25, 0.3) is 0 Å². The van der Waals surface area contributed by atoms with Crippen LogP contribution in [0.3, 0.4) is 0 Å². The van der Waals surface area contributed by atoms with Gasteiger partial charge in [-0.1, -0.05) is 60.7 Å². The summed E-state index contributed by atoms with van der Waals surface area (Å²) in [4.78, 5) is 61.6. The lowest BCUT2D eigenvalue weighted by Crippen LogP contribution is -2.54. The molecule has 0 unspecified atom stereocenters. The molecule has 0 aliphatic carbocycles. The normalized spacial score (nSPS) is 13.6. The third-order valence-electron chi connectivity index (χ3n) is 6.28. The molecule has 5 amide bonds. The summed E-state index contributed by atoms with van der Waals surface area (Å²) in [7, 11) is 0. The van der Waals surface area contributed by atoms with Crippen LogP contribution in [0.15, 0.2) is 60.7 Å². The summed E-state index contributed by atoms with van der Waals surface area (Å²) in [5, 5.41) is 18.6. The third-order valence-corrected chi connectivity index (χ3v) is 6.92. The van der Waals surface area contributed by atoms with E-state index < -0.39 is 60.4 Å². The number of thioether (sulfide) groups is 1. The van der Waals surface area contributed by atoms with Crippen molar-refractivity contribution in [1.29, 1.82) is 0 Å². The molecule has 13 heteroatoms. The number of carbonyl (C=O) groups excluding carboxylic acids is 5. The molecule has 0 saturated heterocycles. The molecule has 0 aromatic heterocycles. The Morgan fingerprint density at radius 2 is 1.48 bits per heavy atom. The first-order chi connectivity index (χ1) is 20.1. The van der Waals surface area contributed by atoms with E-state index in [1.54, 1.807) is 24.3 Å². The van der Waals surface area contributed by atoms with Crippen molar-refractivity contribution in [2.24, 2.45) is 11.5 Å². The molecule has 0 bridgehead atoms. The average molecular weight is 602 g/mol. The van der Waals surface area contributed by atoms with Crippen LogP contribution in [-0.2, 0) is 36.9 Å². The van der Waals surface area contributed by atoms with Crippen molar-refractivity contribution in [1.82, 2.24) is 16.0 Å². The SMILES string of the molecule is CSCC[C@H](NC(=O)[C@H](CCC(N)=O)NC(=O)C[C@H](O)[C@H](Cc1ccccc1)NC(=O)OCc1ccccc1)C(N)=O. The first-order valence-corrected chi connectivity index (χ1v) is 14.8. The van der Waals surface area contributed by atoms with Crippen LogP contribution in [0.2, 0.25) is 0 Å². The van der Waals surface area contributed by atoms with Gasteiger partial charge in [0.15, 0.2) is 0 Å². The highest BCUT2D eigenvalue weighted by Gasteiger charge is 2.29. The third kappa shape index (κ3) is 13.0. The second kappa shape index (κ2) is 18.4. The van der Waals surface area contributed by atoms with Crippen molar-refractivity contribution in [3.05, 3.63) is 71.8 Å². The summed E-state index contributed by atoms with van der Waals surface area (Å²) < 4.78 is 5.29. The number of aliphatic hydroxyl groups excluding tert-OH is 1. The van der Waals surface area contributed by atoms with Crippen molar-refractivity contribution in [3.63, 3.8) is 0 Å². The van der Waals surface area contributed by atoms with Gasteiger partial charge in [0.05, 0.1) is 18.6 Å². The highest BCUT2D eigenvalue weighted by atomic mass is 32.2. The molecule has 0 radical (unpaired) electrons. The van der Waals surface area contributed by atoms with Crippen molar-refractivity contribution in [2.45, 2.75) is 62.9 Å². The maximum atomic E-state index is 13.0. The minimum absolute atomic E-state index is 0.0151. The summed E-state index contributed by atoms with van der Waals surface area (Å²) in [5.41, 5.74) is 12.2. The largest absolute Gasteiger partial charge is 0.445 e. The minimum atomic E-state index is -1.37. The Morgan fingerprint density at radius 1 is 0.857 bits per heavy atom. The number of carbonyl (C=O) groups is 5.